The van der Waals surface area contributed by atoms with Crippen molar-refractivity contribution >= 4 is 15.9 Å². The Morgan fingerprint density at radius 3 is 2.81 bits per heavy atom. The molecule has 0 radical (unpaired) electrons. The summed E-state index contributed by atoms with van der Waals surface area (Å²) in [6.45, 7) is 0.331. The van der Waals surface area contributed by atoms with Crippen molar-refractivity contribution < 1.29 is 22.3 Å². The molecule has 2 rings (SSSR count). The lowest BCUT2D eigenvalue weighted by Crippen LogP contribution is -2.47. The summed E-state index contributed by atoms with van der Waals surface area (Å²) in [4.78, 5) is 13.7. The molecule has 1 fully saturated rings. The van der Waals surface area contributed by atoms with Crippen LogP contribution in [0.5, 0.6) is 5.75 Å². The van der Waals surface area contributed by atoms with E-state index in [1.165, 1.54) is 24.1 Å². The summed E-state index contributed by atoms with van der Waals surface area (Å²) in [5.74, 6) is -1.16. The minimum Gasteiger partial charge on any atom is -0.496 e. The molecule has 1 amide bonds. The van der Waals surface area contributed by atoms with E-state index in [9.17, 15) is 17.6 Å². The van der Waals surface area contributed by atoms with Crippen molar-refractivity contribution in [2.75, 3.05) is 20.2 Å². The van der Waals surface area contributed by atoms with Gasteiger partial charge in [-0.05, 0) is 25.0 Å². The van der Waals surface area contributed by atoms with E-state index in [1.54, 1.807) is 0 Å². The summed E-state index contributed by atoms with van der Waals surface area (Å²) in [6, 6.07) is 4.09. The Morgan fingerprint density at radius 2 is 2.19 bits per heavy atom. The van der Waals surface area contributed by atoms with Crippen LogP contribution in [0.25, 0.3) is 0 Å². The van der Waals surface area contributed by atoms with Gasteiger partial charge in [0, 0.05) is 13.1 Å². The van der Waals surface area contributed by atoms with Crippen LogP contribution >= 0.6 is 0 Å². The van der Waals surface area contributed by atoms with Gasteiger partial charge >= 0.3 is 0 Å². The standard InChI is InChI=1S/C13H17FN2O4S/c1-20-11-6-2-5-10(14)12(11)13(17)16-7-3-4-9(8-16)21(15,18)19/h2,5-6,9H,3-4,7-8H2,1H3,(H2,15,18,19). The van der Waals surface area contributed by atoms with Crippen molar-refractivity contribution in [1.82, 2.24) is 4.90 Å². The molecule has 2 N–H and O–H groups in total. The minimum atomic E-state index is -3.72. The Kier molecular flexibility index (Phi) is 4.48. The van der Waals surface area contributed by atoms with Crippen LogP contribution in [0.3, 0.4) is 0 Å². The quantitative estimate of drug-likeness (QED) is 0.890. The Hall–Kier alpha value is -1.67. The van der Waals surface area contributed by atoms with E-state index in [0.717, 1.165) is 6.07 Å². The number of piperidine rings is 1. The zero-order valence-corrected chi connectivity index (χ0v) is 12.4. The van der Waals surface area contributed by atoms with Crippen LogP contribution in [0.15, 0.2) is 18.2 Å². The molecule has 0 spiro atoms. The lowest BCUT2D eigenvalue weighted by Gasteiger charge is -2.31. The van der Waals surface area contributed by atoms with Crippen molar-refractivity contribution in [3.8, 4) is 5.75 Å². The van der Waals surface area contributed by atoms with E-state index in [0.29, 0.717) is 19.4 Å². The van der Waals surface area contributed by atoms with Crippen molar-refractivity contribution in [3.05, 3.63) is 29.6 Å². The SMILES string of the molecule is COc1cccc(F)c1C(=O)N1CCCC(S(N)(=O)=O)C1. The molecule has 1 aliphatic rings. The molecule has 0 aliphatic carbocycles. The van der Waals surface area contributed by atoms with Gasteiger partial charge in [0.15, 0.2) is 0 Å². The predicted molar refractivity (Wildman–Crippen MR) is 75.0 cm³/mol. The number of nitrogens with two attached hydrogens (primary N) is 1. The number of amides is 1. The van der Waals surface area contributed by atoms with Crippen LogP contribution in [0.4, 0.5) is 4.39 Å². The van der Waals surface area contributed by atoms with E-state index in [4.69, 9.17) is 9.88 Å². The number of methoxy groups -OCH3 is 1. The largest absolute Gasteiger partial charge is 0.496 e. The Morgan fingerprint density at radius 1 is 1.48 bits per heavy atom. The second-order valence-electron chi connectivity index (χ2n) is 4.92. The monoisotopic (exact) mass is 316 g/mol. The highest BCUT2D eigenvalue weighted by Crippen LogP contribution is 2.25. The summed E-state index contributed by atoms with van der Waals surface area (Å²) in [7, 11) is -2.38. The van der Waals surface area contributed by atoms with E-state index in [1.807, 2.05) is 0 Å². The summed E-state index contributed by atoms with van der Waals surface area (Å²) in [6.07, 6.45) is 0.903. The van der Waals surface area contributed by atoms with Crippen molar-refractivity contribution in [3.63, 3.8) is 0 Å². The number of nitrogens with zero attached hydrogens (tertiary/aromatic N) is 1. The predicted octanol–water partition coefficient (Wildman–Crippen LogP) is 0.727. The molecule has 1 unspecified atom stereocenters. The number of carbonyl (C=O) groups excluding carboxylic acids is 1. The number of likely N-dealkylation sites (tertiary alicyclic amines) is 1. The van der Waals surface area contributed by atoms with Gasteiger partial charge in [0.1, 0.15) is 17.1 Å². The fraction of sp³-hybridized carbons (Fsp3) is 0.462. The maximum atomic E-state index is 13.9. The molecule has 0 aromatic heterocycles. The molecular formula is C13H17FN2O4S. The Bertz CT molecular complexity index is 648. The smallest absolute Gasteiger partial charge is 0.260 e. The molecule has 1 aromatic rings. The lowest BCUT2D eigenvalue weighted by atomic mass is 10.1. The fourth-order valence-corrected chi connectivity index (χ4v) is 3.31. The number of benzene rings is 1. The second kappa shape index (κ2) is 5.98. The van der Waals surface area contributed by atoms with E-state index in [-0.39, 0.29) is 17.9 Å². The van der Waals surface area contributed by atoms with Gasteiger partial charge in [-0.15, -0.1) is 0 Å². The van der Waals surface area contributed by atoms with E-state index < -0.39 is 27.0 Å². The van der Waals surface area contributed by atoms with Crippen LogP contribution in [0.2, 0.25) is 0 Å². The molecule has 1 aliphatic heterocycles. The Labute approximate surface area is 122 Å². The number of hydrogen-bond acceptors (Lipinski definition) is 4. The minimum absolute atomic E-state index is 0.0326. The summed E-state index contributed by atoms with van der Waals surface area (Å²) in [5, 5.41) is 4.32. The third-order valence-corrected chi connectivity index (χ3v) is 4.85. The normalized spacial score (nSPS) is 19.4. The molecule has 0 bridgehead atoms. The first-order valence-corrected chi connectivity index (χ1v) is 8.09. The van der Waals surface area contributed by atoms with Gasteiger partial charge in [0.05, 0.1) is 12.4 Å². The maximum Gasteiger partial charge on any atom is 0.260 e. The van der Waals surface area contributed by atoms with Crippen LogP contribution in [-0.2, 0) is 10.0 Å². The molecular weight excluding hydrogens is 299 g/mol. The average molecular weight is 316 g/mol. The zero-order valence-electron chi connectivity index (χ0n) is 11.6. The van der Waals surface area contributed by atoms with Crippen LogP contribution in [0.1, 0.15) is 23.2 Å². The lowest BCUT2D eigenvalue weighted by molar-refractivity contribution is 0.0718. The van der Waals surface area contributed by atoms with Gasteiger partial charge in [0.2, 0.25) is 10.0 Å². The van der Waals surface area contributed by atoms with Gasteiger partial charge in [0.25, 0.3) is 5.91 Å². The third-order valence-electron chi connectivity index (χ3n) is 3.54. The highest BCUT2D eigenvalue weighted by Gasteiger charge is 2.32. The topological polar surface area (TPSA) is 89.7 Å². The number of ether oxygens (including phenoxy) is 1. The fourth-order valence-electron chi connectivity index (χ4n) is 2.43. The van der Waals surface area contributed by atoms with E-state index in [2.05, 4.69) is 0 Å². The highest BCUT2D eigenvalue weighted by molar-refractivity contribution is 7.89. The molecule has 1 aromatic carbocycles. The first-order chi connectivity index (χ1) is 9.84. The molecule has 21 heavy (non-hydrogen) atoms. The van der Waals surface area contributed by atoms with Crippen LogP contribution in [-0.4, -0.2) is 44.7 Å². The van der Waals surface area contributed by atoms with Gasteiger partial charge in [-0.3, -0.25) is 4.79 Å². The van der Waals surface area contributed by atoms with Gasteiger partial charge < -0.3 is 9.64 Å². The van der Waals surface area contributed by atoms with Crippen molar-refractivity contribution in [2.45, 2.75) is 18.1 Å². The van der Waals surface area contributed by atoms with Crippen LogP contribution < -0.4 is 9.88 Å². The number of primary sulfonamides is 1. The number of halogens is 1. The van der Waals surface area contributed by atoms with Gasteiger partial charge in [-0.25, -0.2) is 17.9 Å². The Balaban J connectivity index is 2.28. The van der Waals surface area contributed by atoms with Gasteiger partial charge in [-0.1, -0.05) is 6.07 Å². The summed E-state index contributed by atoms with van der Waals surface area (Å²) >= 11 is 0. The summed E-state index contributed by atoms with van der Waals surface area (Å²) < 4.78 is 41.7. The van der Waals surface area contributed by atoms with Gasteiger partial charge in [-0.2, -0.15) is 0 Å². The first-order valence-electron chi connectivity index (χ1n) is 6.48. The number of hydrogen-bond donors (Lipinski definition) is 1. The summed E-state index contributed by atoms with van der Waals surface area (Å²) in [5.41, 5.74) is -0.185. The molecule has 0 saturated carbocycles. The third kappa shape index (κ3) is 3.33. The van der Waals surface area contributed by atoms with Crippen LogP contribution in [0, 0.1) is 5.82 Å². The zero-order chi connectivity index (χ0) is 15.6. The number of sulfonamides is 1. The molecule has 1 heterocycles. The van der Waals surface area contributed by atoms with Crippen molar-refractivity contribution in [1.29, 1.82) is 0 Å². The van der Waals surface area contributed by atoms with E-state index >= 15 is 0 Å². The number of rotatable bonds is 3. The molecule has 6 nitrogen and oxygen atoms in total. The average Bonchev–Trinajstić information content (AvgIpc) is 2.45. The molecule has 116 valence electrons. The number of carbonyl (C=O) groups is 1. The molecule has 1 atom stereocenters. The molecule has 8 heteroatoms. The highest BCUT2D eigenvalue weighted by atomic mass is 32.2. The molecule has 1 saturated heterocycles. The van der Waals surface area contributed by atoms with Crippen molar-refractivity contribution in [2.24, 2.45) is 5.14 Å². The first kappa shape index (κ1) is 15.7. The maximum absolute atomic E-state index is 13.9. The second-order valence-corrected chi connectivity index (χ2v) is 6.77.